The Hall–Kier alpha value is -2.27. The van der Waals surface area contributed by atoms with Gasteiger partial charge in [-0.05, 0) is 55.7 Å². The van der Waals surface area contributed by atoms with Crippen LogP contribution >= 0.6 is 0 Å². The maximum Gasteiger partial charge on any atom is 0.0992 e. The van der Waals surface area contributed by atoms with Crippen molar-refractivity contribution in [3.8, 4) is 6.07 Å². The first-order valence-corrected chi connectivity index (χ1v) is 6.79. The average Bonchev–Trinajstić information content (AvgIpc) is 2.42. The minimum absolute atomic E-state index is 0.701. The lowest BCUT2D eigenvalue weighted by Gasteiger charge is -2.22. The first kappa shape index (κ1) is 14.1. The number of rotatable bonds is 3. The second-order valence-corrected chi connectivity index (χ2v) is 5.40. The highest BCUT2D eigenvalue weighted by Gasteiger charge is 2.08. The van der Waals surface area contributed by atoms with Gasteiger partial charge >= 0.3 is 0 Å². The molecule has 0 unspecified atom stereocenters. The summed E-state index contributed by atoms with van der Waals surface area (Å²) in [5.41, 5.74) is 7.09. The summed E-state index contributed by atoms with van der Waals surface area (Å²) in [5, 5.41) is 8.98. The zero-order chi connectivity index (χ0) is 14.7. The van der Waals surface area contributed by atoms with E-state index in [1.807, 2.05) is 24.3 Å². The van der Waals surface area contributed by atoms with Crippen LogP contribution in [0.15, 0.2) is 36.4 Å². The standard InChI is InChI=1S/C18H20N2/c1-13-8-14(2)18(15(3)9-13)12-20(4)17-7-5-6-16(10-17)11-19/h5-10H,12H2,1-4H3. The monoisotopic (exact) mass is 264 g/mol. The van der Waals surface area contributed by atoms with E-state index in [4.69, 9.17) is 5.26 Å². The van der Waals surface area contributed by atoms with Crippen molar-refractivity contribution >= 4 is 5.69 Å². The third-order valence-corrected chi connectivity index (χ3v) is 3.65. The largest absolute Gasteiger partial charge is 0.370 e. The van der Waals surface area contributed by atoms with Crippen LogP contribution in [0.4, 0.5) is 5.69 Å². The van der Waals surface area contributed by atoms with E-state index in [0.717, 1.165) is 12.2 Å². The maximum atomic E-state index is 8.98. The summed E-state index contributed by atoms with van der Waals surface area (Å²) < 4.78 is 0. The molecule has 0 fully saturated rings. The lowest BCUT2D eigenvalue weighted by molar-refractivity contribution is 0.903. The molecule has 2 rings (SSSR count). The van der Waals surface area contributed by atoms with Gasteiger partial charge in [-0.3, -0.25) is 0 Å². The number of hydrogen-bond acceptors (Lipinski definition) is 2. The molecule has 0 heterocycles. The van der Waals surface area contributed by atoms with E-state index in [1.54, 1.807) is 0 Å². The molecule has 0 aliphatic rings. The van der Waals surface area contributed by atoms with Crippen LogP contribution in [0.25, 0.3) is 0 Å². The van der Waals surface area contributed by atoms with Crippen molar-refractivity contribution in [3.05, 3.63) is 64.2 Å². The SMILES string of the molecule is Cc1cc(C)c(CN(C)c2cccc(C#N)c2)c(C)c1. The summed E-state index contributed by atoms with van der Waals surface area (Å²) in [5.74, 6) is 0. The molecule has 0 radical (unpaired) electrons. The fourth-order valence-corrected chi connectivity index (χ4v) is 2.60. The Balaban J connectivity index is 2.28. The van der Waals surface area contributed by atoms with Crippen LogP contribution in [-0.2, 0) is 6.54 Å². The van der Waals surface area contributed by atoms with Gasteiger partial charge < -0.3 is 4.90 Å². The molecule has 102 valence electrons. The van der Waals surface area contributed by atoms with E-state index in [1.165, 1.54) is 22.3 Å². The van der Waals surface area contributed by atoms with Crippen molar-refractivity contribution in [2.75, 3.05) is 11.9 Å². The van der Waals surface area contributed by atoms with Gasteiger partial charge in [0.05, 0.1) is 11.6 Å². The molecule has 0 aliphatic heterocycles. The molecule has 0 saturated heterocycles. The van der Waals surface area contributed by atoms with Gasteiger partial charge in [-0.1, -0.05) is 23.8 Å². The summed E-state index contributed by atoms with van der Waals surface area (Å²) in [6.45, 7) is 7.31. The Kier molecular flexibility index (Phi) is 4.10. The molecule has 0 N–H and O–H groups in total. The quantitative estimate of drug-likeness (QED) is 0.833. The van der Waals surface area contributed by atoms with Crippen LogP contribution in [0.2, 0.25) is 0 Å². The van der Waals surface area contributed by atoms with Crippen molar-refractivity contribution in [2.45, 2.75) is 27.3 Å². The van der Waals surface area contributed by atoms with Crippen molar-refractivity contribution in [1.82, 2.24) is 0 Å². The van der Waals surface area contributed by atoms with Gasteiger partial charge in [-0.2, -0.15) is 5.26 Å². The Morgan fingerprint density at radius 3 is 2.30 bits per heavy atom. The lowest BCUT2D eigenvalue weighted by atomic mass is 9.99. The van der Waals surface area contributed by atoms with Crippen LogP contribution in [0, 0.1) is 32.1 Å². The fourth-order valence-electron chi connectivity index (χ4n) is 2.60. The molecule has 2 nitrogen and oxygen atoms in total. The highest BCUT2D eigenvalue weighted by molar-refractivity contribution is 5.52. The Morgan fingerprint density at radius 1 is 1.05 bits per heavy atom. The third-order valence-electron chi connectivity index (χ3n) is 3.65. The highest BCUT2D eigenvalue weighted by Crippen LogP contribution is 2.22. The molecule has 0 aromatic heterocycles. The van der Waals surface area contributed by atoms with E-state index in [2.05, 4.69) is 50.9 Å². The predicted molar refractivity (Wildman–Crippen MR) is 83.9 cm³/mol. The maximum absolute atomic E-state index is 8.98. The molecule has 20 heavy (non-hydrogen) atoms. The zero-order valence-electron chi connectivity index (χ0n) is 12.6. The molecule has 0 aliphatic carbocycles. The Morgan fingerprint density at radius 2 is 1.70 bits per heavy atom. The first-order valence-electron chi connectivity index (χ1n) is 6.79. The Bertz CT molecular complexity index is 642. The minimum atomic E-state index is 0.701. The van der Waals surface area contributed by atoms with Gasteiger partial charge in [0.2, 0.25) is 0 Å². The molecule has 0 bridgehead atoms. The van der Waals surface area contributed by atoms with Crippen molar-refractivity contribution in [2.24, 2.45) is 0 Å². The number of nitriles is 1. The second-order valence-electron chi connectivity index (χ2n) is 5.40. The van der Waals surface area contributed by atoms with Gasteiger partial charge in [0.15, 0.2) is 0 Å². The molecule has 0 amide bonds. The normalized spacial score (nSPS) is 10.2. The van der Waals surface area contributed by atoms with Crippen molar-refractivity contribution < 1.29 is 0 Å². The molecule has 0 spiro atoms. The zero-order valence-corrected chi connectivity index (χ0v) is 12.6. The number of nitrogens with zero attached hydrogens (tertiary/aromatic N) is 2. The van der Waals surface area contributed by atoms with Gasteiger partial charge in [0.25, 0.3) is 0 Å². The van der Waals surface area contributed by atoms with Gasteiger partial charge in [-0.25, -0.2) is 0 Å². The minimum Gasteiger partial charge on any atom is -0.370 e. The van der Waals surface area contributed by atoms with Gasteiger partial charge in [0, 0.05) is 19.3 Å². The summed E-state index contributed by atoms with van der Waals surface area (Å²) in [6, 6.07) is 14.4. The number of hydrogen-bond donors (Lipinski definition) is 0. The van der Waals surface area contributed by atoms with Crippen molar-refractivity contribution in [3.63, 3.8) is 0 Å². The molecule has 2 aromatic rings. The first-order chi connectivity index (χ1) is 9.51. The van der Waals surface area contributed by atoms with E-state index < -0.39 is 0 Å². The number of aryl methyl sites for hydroxylation is 3. The summed E-state index contributed by atoms with van der Waals surface area (Å²) in [6.07, 6.45) is 0. The van der Waals surface area contributed by atoms with E-state index in [9.17, 15) is 0 Å². The topological polar surface area (TPSA) is 27.0 Å². The lowest BCUT2D eigenvalue weighted by Crippen LogP contribution is -2.18. The van der Waals surface area contributed by atoms with E-state index >= 15 is 0 Å². The smallest absolute Gasteiger partial charge is 0.0992 e. The van der Waals surface area contributed by atoms with Crippen LogP contribution < -0.4 is 4.90 Å². The molecular formula is C18H20N2. The van der Waals surface area contributed by atoms with Crippen LogP contribution in [0.5, 0.6) is 0 Å². The van der Waals surface area contributed by atoms with Crippen LogP contribution in [-0.4, -0.2) is 7.05 Å². The van der Waals surface area contributed by atoms with Crippen LogP contribution in [0.1, 0.15) is 27.8 Å². The number of anilines is 1. The summed E-state index contributed by atoms with van der Waals surface area (Å²) in [4.78, 5) is 2.19. The Labute approximate surface area is 121 Å². The third kappa shape index (κ3) is 3.00. The molecule has 0 atom stereocenters. The predicted octanol–water partition coefficient (Wildman–Crippen LogP) is 4.12. The summed E-state index contributed by atoms with van der Waals surface area (Å²) >= 11 is 0. The van der Waals surface area contributed by atoms with E-state index in [-0.39, 0.29) is 0 Å². The molecule has 0 saturated carbocycles. The molecule has 2 heteroatoms. The highest BCUT2D eigenvalue weighted by atomic mass is 15.1. The average molecular weight is 264 g/mol. The van der Waals surface area contributed by atoms with Crippen molar-refractivity contribution in [1.29, 1.82) is 5.26 Å². The number of benzene rings is 2. The molecular weight excluding hydrogens is 244 g/mol. The fraction of sp³-hybridized carbons (Fsp3) is 0.278. The molecule has 2 aromatic carbocycles. The summed E-state index contributed by atoms with van der Waals surface area (Å²) in [7, 11) is 2.06. The van der Waals surface area contributed by atoms with Crippen LogP contribution in [0.3, 0.4) is 0 Å². The van der Waals surface area contributed by atoms with Gasteiger partial charge in [-0.15, -0.1) is 0 Å². The van der Waals surface area contributed by atoms with E-state index in [0.29, 0.717) is 5.56 Å². The second kappa shape index (κ2) is 5.79. The van der Waals surface area contributed by atoms with Gasteiger partial charge in [0.1, 0.15) is 0 Å².